The molecule has 1 aliphatic rings. The van der Waals surface area contributed by atoms with E-state index in [0.717, 1.165) is 16.9 Å². The van der Waals surface area contributed by atoms with Gasteiger partial charge in [-0.1, -0.05) is 24.3 Å². The van der Waals surface area contributed by atoms with Crippen LogP contribution in [0.2, 0.25) is 0 Å². The second-order valence-electron chi connectivity index (χ2n) is 6.13. The van der Waals surface area contributed by atoms with Gasteiger partial charge in [-0.25, -0.2) is 4.79 Å². The Labute approximate surface area is 147 Å². The molecule has 1 aliphatic heterocycles. The largest absolute Gasteiger partial charge is 0.508 e. The van der Waals surface area contributed by atoms with Gasteiger partial charge >= 0.3 is 6.03 Å². The van der Waals surface area contributed by atoms with E-state index in [9.17, 15) is 9.90 Å². The first-order valence-electron chi connectivity index (χ1n) is 8.15. The Balaban J connectivity index is 1.58. The van der Waals surface area contributed by atoms with E-state index in [-0.39, 0.29) is 17.8 Å². The van der Waals surface area contributed by atoms with Crippen LogP contribution in [0.4, 0.5) is 4.79 Å². The molecule has 0 aromatic heterocycles. The summed E-state index contributed by atoms with van der Waals surface area (Å²) >= 11 is 0. The molecule has 1 heterocycles. The summed E-state index contributed by atoms with van der Waals surface area (Å²) in [5, 5.41) is 12.3. The molecule has 0 saturated heterocycles. The van der Waals surface area contributed by atoms with Crippen LogP contribution in [-0.4, -0.2) is 42.8 Å². The molecule has 0 bridgehead atoms. The fraction of sp³-hybridized carbons (Fsp3) is 0.316. The van der Waals surface area contributed by atoms with Crippen molar-refractivity contribution >= 4 is 6.03 Å². The lowest BCUT2D eigenvalue weighted by atomic mass is 10.0. The number of phenols is 1. The van der Waals surface area contributed by atoms with Gasteiger partial charge in [0.25, 0.3) is 0 Å². The predicted molar refractivity (Wildman–Crippen MR) is 94.1 cm³/mol. The number of ether oxygens (including phenoxy) is 2. The van der Waals surface area contributed by atoms with E-state index < -0.39 is 0 Å². The van der Waals surface area contributed by atoms with Crippen molar-refractivity contribution < 1.29 is 19.4 Å². The molecular weight excluding hydrogens is 320 g/mol. The highest BCUT2D eigenvalue weighted by Gasteiger charge is 2.24. The maximum atomic E-state index is 12.4. The molecular formula is C19H22N2O4. The summed E-state index contributed by atoms with van der Waals surface area (Å²) in [5.41, 5.74) is 1.97. The van der Waals surface area contributed by atoms with Crippen LogP contribution in [0.15, 0.2) is 42.5 Å². The molecule has 2 aromatic carbocycles. The number of benzene rings is 2. The summed E-state index contributed by atoms with van der Waals surface area (Å²) in [6.07, 6.45) is 0.700. The third kappa shape index (κ3) is 3.96. The molecule has 1 unspecified atom stereocenters. The molecule has 0 fully saturated rings. The molecule has 25 heavy (non-hydrogen) atoms. The number of aromatic hydroxyl groups is 1. The van der Waals surface area contributed by atoms with Crippen molar-refractivity contribution in [1.29, 1.82) is 0 Å². The van der Waals surface area contributed by atoms with Crippen LogP contribution in [0, 0.1) is 0 Å². The summed E-state index contributed by atoms with van der Waals surface area (Å²) in [7, 11) is 3.36. The highest BCUT2D eigenvalue weighted by atomic mass is 16.5. The van der Waals surface area contributed by atoms with Gasteiger partial charge < -0.3 is 24.8 Å². The molecule has 0 spiro atoms. The minimum Gasteiger partial charge on any atom is -0.508 e. The summed E-state index contributed by atoms with van der Waals surface area (Å²) in [6.45, 7) is 0.871. The maximum absolute atomic E-state index is 12.4. The number of nitrogens with one attached hydrogen (secondary N) is 1. The Hall–Kier alpha value is -2.89. The standard InChI is InChI=1S/C19H22N2O4/c1-21(11-13-6-8-16(22)9-7-13)19(23)20-15-10-14-4-3-5-17(24-2)18(14)25-12-15/h3-9,15,22H,10-12H2,1-2H3,(H,20,23). The zero-order chi connectivity index (χ0) is 17.8. The number of nitrogens with zero attached hydrogens (tertiary/aromatic N) is 1. The fourth-order valence-corrected chi connectivity index (χ4v) is 2.88. The van der Waals surface area contributed by atoms with Gasteiger partial charge in [0, 0.05) is 19.2 Å². The Morgan fingerprint density at radius 1 is 1.32 bits per heavy atom. The van der Waals surface area contributed by atoms with Crippen molar-refractivity contribution in [3.05, 3.63) is 53.6 Å². The van der Waals surface area contributed by atoms with Crippen LogP contribution < -0.4 is 14.8 Å². The third-order valence-corrected chi connectivity index (χ3v) is 4.21. The van der Waals surface area contributed by atoms with Gasteiger partial charge in [-0.05, 0) is 30.2 Å². The van der Waals surface area contributed by atoms with E-state index in [2.05, 4.69) is 5.32 Å². The summed E-state index contributed by atoms with van der Waals surface area (Å²) in [4.78, 5) is 14.0. The highest BCUT2D eigenvalue weighted by molar-refractivity contribution is 5.74. The topological polar surface area (TPSA) is 71.0 Å². The predicted octanol–water partition coefficient (Wildman–Crippen LogP) is 2.55. The zero-order valence-electron chi connectivity index (χ0n) is 14.4. The van der Waals surface area contributed by atoms with Gasteiger partial charge in [0.2, 0.25) is 0 Å². The van der Waals surface area contributed by atoms with Crippen LogP contribution in [0.25, 0.3) is 0 Å². The first-order chi connectivity index (χ1) is 12.1. The van der Waals surface area contributed by atoms with Gasteiger partial charge in [0.15, 0.2) is 11.5 Å². The van der Waals surface area contributed by atoms with Crippen molar-refractivity contribution in [2.24, 2.45) is 0 Å². The zero-order valence-corrected chi connectivity index (χ0v) is 14.4. The van der Waals surface area contributed by atoms with Crippen molar-refractivity contribution in [1.82, 2.24) is 10.2 Å². The van der Waals surface area contributed by atoms with E-state index in [1.165, 1.54) is 0 Å². The van der Waals surface area contributed by atoms with E-state index in [1.807, 2.05) is 18.2 Å². The van der Waals surface area contributed by atoms with Crippen LogP contribution in [0.3, 0.4) is 0 Å². The molecule has 6 heteroatoms. The van der Waals surface area contributed by atoms with E-state index in [4.69, 9.17) is 9.47 Å². The van der Waals surface area contributed by atoms with Crippen LogP contribution in [0.1, 0.15) is 11.1 Å². The molecule has 0 saturated carbocycles. The second-order valence-corrected chi connectivity index (χ2v) is 6.13. The van der Waals surface area contributed by atoms with Gasteiger partial charge in [0.1, 0.15) is 12.4 Å². The summed E-state index contributed by atoms with van der Waals surface area (Å²) < 4.78 is 11.1. The number of carbonyl (C=O) groups excluding carboxylic acids is 1. The molecule has 132 valence electrons. The number of hydrogen-bond acceptors (Lipinski definition) is 4. The lowest BCUT2D eigenvalue weighted by Crippen LogP contribution is -2.47. The lowest BCUT2D eigenvalue weighted by Gasteiger charge is -2.29. The average molecular weight is 342 g/mol. The Morgan fingerprint density at radius 2 is 2.08 bits per heavy atom. The van der Waals surface area contributed by atoms with Crippen LogP contribution in [0.5, 0.6) is 17.2 Å². The molecule has 6 nitrogen and oxygen atoms in total. The molecule has 0 radical (unpaired) electrons. The normalized spacial score (nSPS) is 15.7. The number of carbonyl (C=O) groups is 1. The van der Waals surface area contributed by atoms with Gasteiger partial charge in [0.05, 0.1) is 13.2 Å². The van der Waals surface area contributed by atoms with Gasteiger partial charge in [-0.15, -0.1) is 0 Å². The van der Waals surface area contributed by atoms with Crippen molar-refractivity contribution in [3.63, 3.8) is 0 Å². The summed E-state index contributed by atoms with van der Waals surface area (Å²) in [5.74, 6) is 1.68. The quantitative estimate of drug-likeness (QED) is 0.896. The maximum Gasteiger partial charge on any atom is 0.317 e. The first-order valence-corrected chi connectivity index (χ1v) is 8.15. The molecule has 3 rings (SSSR count). The van der Waals surface area contributed by atoms with Crippen molar-refractivity contribution in [2.75, 3.05) is 20.8 Å². The Kier molecular flexibility index (Phi) is 4.97. The minimum absolute atomic E-state index is 0.0885. The number of hydrogen-bond donors (Lipinski definition) is 2. The average Bonchev–Trinajstić information content (AvgIpc) is 2.62. The van der Waals surface area contributed by atoms with Crippen LogP contribution in [-0.2, 0) is 13.0 Å². The SMILES string of the molecule is COc1cccc2c1OCC(NC(=O)N(C)Cc1ccc(O)cc1)C2. The molecule has 2 N–H and O–H groups in total. The van der Waals surface area contributed by atoms with E-state index in [0.29, 0.717) is 25.3 Å². The summed E-state index contributed by atoms with van der Waals surface area (Å²) in [6, 6.07) is 12.3. The Bertz CT molecular complexity index is 746. The van der Waals surface area contributed by atoms with Gasteiger partial charge in [-0.3, -0.25) is 0 Å². The number of urea groups is 1. The monoisotopic (exact) mass is 342 g/mol. The van der Waals surface area contributed by atoms with Crippen molar-refractivity contribution in [2.45, 2.75) is 19.0 Å². The second kappa shape index (κ2) is 7.34. The van der Waals surface area contributed by atoms with Crippen molar-refractivity contribution in [3.8, 4) is 17.2 Å². The van der Waals surface area contributed by atoms with Crippen LogP contribution >= 0.6 is 0 Å². The Morgan fingerprint density at radius 3 is 2.80 bits per heavy atom. The molecule has 2 aromatic rings. The molecule has 2 amide bonds. The number of methoxy groups -OCH3 is 1. The number of fused-ring (bicyclic) bond motifs is 1. The fourth-order valence-electron chi connectivity index (χ4n) is 2.88. The lowest BCUT2D eigenvalue weighted by molar-refractivity contribution is 0.186. The molecule has 1 atom stereocenters. The number of amides is 2. The van der Waals surface area contributed by atoms with Gasteiger partial charge in [-0.2, -0.15) is 0 Å². The number of rotatable bonds is 4. The number of phenolic OH excluding ortho intramolecular Hbond substituents is 1. The van der Waals surface area contributed by atoms with E-state index >= 15 is 0 Å². The van der Waals surface area contributed by atoms with E-state index in [1.54, 1.807) is 43.3 Å². The third-order valence-electron chi connectivity index (χ3n) is 4.21. The number of para-hydroxylation sites is 1. The molecule has 0 aliphatic carbocycles. The first kappa shape index (κ1) is 17.0. The smallest absolute Gasteiger partial charge is 0.317 e. The minimum atomic E-state index is -0.159. The highest BCUT2D eigenvalue weighted by Crippen LogP contribution is 2.34.